The Morgan fingerprint density at radius 1 is 1.25 bits per heavy atom. The first-order valence-electron chi connectivity index (χ1n) is 5.11. The summed E-state index contributed by atoms with van der Waals surface area (Å²) in [6, 6.07) is 6.31. The van der Waals surface area contributed by atoms with Crippen molar-refractivity contribution in [1.82, 2.24) is 0 Å². The molecule has 4 heteroatoms. The number of nitrogens with two attached hydrogens (primary N) is 1. The molecule has 1 aromatic rings. The Morgan fingerprint density at radius 2 is 1.88 bits per heavy atom. The van der Waals surface area contributed by atoms with Gasteiger partial charge in [0.25, 0.3) is 0 Å². The SMILES string of the molecule is CC(C)(C)[C@H](N)c1cccc(OC(F)F)c1. The molecular weight excluding hydrogens is 212 g/mol. The third-order valence-corrected chi connectivity index (χ3v) is 2.38. The maximum absolute atomic E-state index is 12.0. The lowest BCUT2D eigenvalue weighted by atomic mass is 9.83. The molecule has 0 heterocycles. The Labute approximate surface area is 94.4 Å². The van der Waals surface area contributed by atoms with E-state index in [-0.39, 0.29) is 17.2 Å². The van der Waals surface area contributed by atoms with E-state index in [4.69, 9.17) is 5.73 Å². The number of benzene rings is 1. The molecule has 1 atom stereocenters. The summed E-state index contributed by atoms with van der Waals surface area (Å²) in [7, 11) is 0. The van der Waals surface area contributed by atoms with Crippen molar-refractivity contribution in [2.24, 2.45) is 11.1 Å². The van der Waals surface area contributed by atoms with E-state index in [1.54, 1.807) is 12.1 Å². The highest BCUT2D eigenvalue weighted by atomic mass is 19.3. The Hall–Kier alpha value is -1.16. The minimum absolute atomic E-state index is 0.122. The molecule has 0 spiro atoms. The van der Waals surface area contributed by atoms with Crippen LogP contribution in [0.1, 0.15) is 32.4 Å². The van der Waals surface area contributed by atoms with Crippen molar-refractivity contribution in [3.05, 3.63) is 29.8 Å². The molecule has 0 saturated heterocycles. The van der Waals surface area contributed by atoms with Crippen LogP contribution in [0.2, 0.25) is 0 Å². The normalized spacial score (nSPS) is 13.9. The lowest BCUT2D eigenvalue weighted by molar-refractivity contribution is -0.0499. The van der Waals surface area contributed by atoms with Crippen molar-refractivity contribution in [2.45, 2.75) is 33.4 Å². The first-order chi connectivity index (χ1) is 7.30. The van der Waals surface area contributed by atoms with E-state index in [1.165, 1.54) is 6.07 Å². The molecule has 0 bridgehead atoms. The lowest BCUT2D eigenvalue weighted by Gasteiger charge is -2.27. The molecule has 0 radical (unpaired) electrons. The van der Waals surface area contributed by atoms with Crippen molar-refractivity contribution < 1.29 is 13.5 Å². The Kier molecular flexibility index (Phi) is 3.86. The first-order valence-corrected chi connectivity index (χ1v) is 5.11. The number of halogens is 2. The molecule has 0 aliphatic heterocycles. The summed E-state index contributed by atoms with van der Waals surface area (Å²) in [5, 5.41) is 0. The van der Waals surface area contributed by atoms with Crippen molar-refractivity contribution in [3.8, 4) is 5.75 Å². The van der Waals surface area contributed by atoms with Gasteiger partial charge in [0.15, 0.2) is 0 Å². The molecule has 1 aromatic carbocycles. The summed E-state index contributed by atoms with van der Waals surface area (Å²) in [5.41, 5.74) is 6.70. The summed E-state index contributed by atoms with van der Waals surface area (Å²) >= 11 is 0. The van der Waals surface area contributed by atoms with Gasteiger partial charge in [-0.25, -0.2) is 0 Å². The van der Waals surface area contributed by atoms with E-state index in [1.807, 2.05) is 26.8 Å². The molecular formula is C12H17F2NO. The van der Waals surface area contributed by atoms with Crippen LogP contribution in [-0.4, -0.2) is 6.61 Å². The molecule has 0 fully saturated rings. The van der Waals surface area contributed by atoms with Crippen LogP contribution in [0.3, 0.4) is 0 Å². The zero-order chi connectivity index (χ0) is 12.3. The van der Waals surface area contributed by atoms with Gasteiger partial charge in [-0.1, -0.05) is 32.9 Å². The molecule has 0 aliphatic carbocycles. The molecule has 1 rings (SSSR count). The molecule has 0 aliphatic rings. The molecule has 0 saturated carbocycles. The zero-order valence-electron chi connectivity index (χ0n) is 9.71. The second-order valence-corrected chi connectivity index (χ2v) is 4.79. The molecule has 0 amide bonds. The molecule has 16 heavy (non-hydrogen) atoms. The third kappa shape index (κ3) is 3.45. The number of hydrogen-bond donors (Lipinski definition) is 1. The Morgan fingerprint density at radius 3 is 2.38 bits per heavy atom. The van der Waals surface area contributed by atoms with Crippen molar-refractivity contribution in [1.29, 1.82) is 0 Å². The molecule has 90 valence electrons. The largest absolute Gasteiger partial charge is 0.435 e. The van der Waals surface area contributed by atoms with Gasteiger partial charge in [-0.3, -0.25) is 0 Å². The standard InChI is InChI=1S/C12H17F2NO/c1-12(2,3)10(15)8-5-4-6-9(7-8)16-11(13)14/h4-7,10-11H,15H2,1-3H3/t10-/m1/s1. The third-order valence-electron chi connectivity index (χ3n) is 2.38. The highest BCUT2D eigenvalue weighted by molar-refractivity contribution is 5.31. The summed E-state index contributed by atoms with van der Waals surface area (Å²) in [5.74, 6) is 0.146. The van der Waals surface area contributed by atoms with Gasteiger partial charge < -0.3 is 10.5 Å². The van der Waals surface area contributed by atoms with Crippen LogP contribution in [0.4, 0.5) is 8.78 Å². The second kappa shape index (κ2) is 4.78. The highest BCUT2D eigenvalue weighted by Crippen LogP contribution is 2.32. The molecule has 0 aromatic heterocycles. The summed E-state index contributed by atoms with van der Waals surface area (Å²) in [6.07, 6.45) is 0. The van der Waals surface area contributed by atoms with Gasteiger partial charge in [-0.05, 0) is 23.1 Å². The quantitative estimate of drug-likeness (QED) is 0.862. The van der Waals surface area contributed by atoms with Crippen LogP contribution < -0.4 is 10.5 Å². The number of alkyl halides is 2. The van der Waals surface area contributed by atoms with Crippen LogP contribution in [-0.2, 0) is 0 Å². The first kappa shape index (κ1) is 12.9. The topological polar surface area (TPSA) is 35.2 Å². The van der Waals surface area contributed by atoms with Crippen molar-refractivity contribution in [2.75, 3.05) is 0 Å². The molecule has 2 nitrogen and oxygen atoms in total. The van der Waals surface area contributed by atoms with Gasteiger partial charge in [0, 0.05) is 6.04 Å². The minimum atomic E-state index is -2.80. The highest BCUT2D eigenvalue weighted by Gasteiger charge is 2.22. The predicted molar refractivity (Wildman–Crippen MR) is 59.5 cm³/mol. The van der Waals surface area contributed by atoms with Crippen LogP contribution in [0, 0.1) is 5.41 Å². The lowest BCUT2D eigenvalue weighted by Crippen LogP contribution is -2.26. The van der Waals surface area contributed by atoms with Crippen LogP contribution >= 0.6 is 0 Å². The zero-order valence-corrected chi connectivity index (χ0v) is 9.71. The predicted octanol–water partition coefficient (Wildman–Crippen LogP) is 3.33. The van der Waals surface area contributed by atoms with E-state index in [2.05, 4.69) is 4.74 Å². The minimum Gasteiger partial charge on any atom is -0.435 e. The van der Waals surface area contributed by atoms with E-state index in [0.717, 1.165) is 5.56 Å². The summed E-state index contributed by atoms with van der Waals surface area (Å²) in [6.45, 7) is 3.19. The molecule has 2 N–H and O–H groups in total. The summed E-state index contributed by atoms with van der Waals surface area (Å²) < 4.78 is 28.4. The maximum atomic E-state index is 12.0. The van der Waals surface area contributed by atoms with Crippen molar-refractivity contribution >= 4 is 0 Å². The number of rotatable bonds is 3. The fraction of sp³-hybridized carbons (Fsp3) is 0.500. The summed E-state index contributed by atoms with van der Waals surface area (Å²) in [4.78, 5) is 0. The fourth-order valence-electron chi connectivity index (χ4n) is 1.38. The van der Waals surface area contributed by atoms with Crippen LogP contribution in [0.15, 0.2) is 24.3 Å². The average Bonchev–Trinajstić information content (AvgIpc) is 2.14. The van der Waals surface area contributed by atoms with E-state index in [9.17, 15) is 8.78 Å². The van der Waals surface area contributed by atoms with Crippen LogP contribution in [0.5, 0.6) is 5.75 Å². The number of ether oxygens (including phenoxy) is 1. The Bertz CT molecular complexity index is 347. The maximum Gasteiger partial charge on any atom is 0.387 e. The molecule has 0 unspecified atom stereocenters. The van der Waals surface area contributed by atoms with Crippen molar-refractivity contribution in [3.63, 3.8) is 0 Å². The number of hydrogen-bond acceptors (Lipinski definition) is 2. The fourth-order valence-corrected chi connectivity index (χ4v) is 1.38. The average molecular weight is 229 g/mol. The Balaban J connectivity index is 2.90. The monoisotopic (exact) mass is 229 g/mol. The van der Waals surface area contributed by atoms with Gasteiger partial charge >= 0.3 is 6.61 Å². The second-order valence-electron chi connectivity index (χ2n) is 4.79. The van der Waals surface area contributed by atoms with Gasteiger partial charge in [0.1, 0.15) is 5.75 Å². The van der Waals surface area contributed by atoms with Gasteiger partial charge in [0.05, 0.1) is 0 Å². The van der Waals surface area contributed by atoms with Gasteiger partial charge in [0.2, 0.25) is 0 Å². The van der Waals surface area contributed by atoms with Gasteiger partial charge in [-0.2, -0.15) is 8.78 Å². The van der Waals surface area contributed by atoms with Crippen LogP contribution in [0.25, 0.3) is 0 Å². The van der Waals surface area contributed by atoms with E-state index < -0.39 is 6.61 Å². The van der Waals surface area contributed by atoms with Gasteiger partial charge in [-0.15, -0.1) is 0 Å². The smallest absolute Gasteiger partial charge is 0.387 e. The van der Waals surface area contributed by atoms with E-state index >= 15 is 0 Å². The van der Waals surface area contributed by atoms with E-state index in [0.29, 0.717) is 0 Å².